The van der Waals surface area contributed by atoms with E-state index in [1.54, 1.807) is 18.2 Å². The van der Waals surface area contributed by atoms with Crippen LogP contribution in [0, 0.1) is 11.6 Å². The number of piperidine rings is 1. The maximum Gasteiger partial charge on any atom is 0.272 e. The molecule has 0 bridgehead atoms. The van der Waals surface area contributed by atoms with E-state index < -0.39 is 11.6 Å². The molecule has 2 aromatic carbocycles. The molecule has 0 atom stereocenters. The van der Waals surface area contributed by atoms with Crippen LogP contribution in [-0.4, -0.2) is 53.4 Å². The van der Waals surface area contributed by atoms with Crippen LogP contribution in [0.25, 0.3) is 22.0 Å². The van der Waals surface area contributed by atoms with Gasteiger partial charge in [0.05, 0.1) is 5.52 Å². The highest BCUT2D eigenvalue weighted by molar-refractivity contribution is 6.05. The third kappa shape index (κ3) is 3.98. The molecule has 1 aromatic heterocycles. The summed E-state index contributed by atoms with van der Waals surface area (Å²) in [5.74, 6) is -2.18. The number of halogens is 3. The highest BCUT2D eigenvalue weighted by Gasteiger charge is 2.23. The molecule has 1 aliphatic rings. The third-order valence-electron chi connectivity index (χ3n) is 5.36. The minimum atomic E-state index is -0.929. The lowest BCUT2D eigenvalue weighted by molar-refractivity contribution is 0.0905. The number of nitrogens with one attached hydrogen (secondary N) is 2. The molecule has 4 rings (SSSR count). The molecule has 2 N–H and O–H groups in total. The van der Waals surface area contributed by atoms with E-state index in [0.717, 1.165) is 32.0 Å². The Kier molecular flexibility index (Phi) is 5.53. The molecule has 1 saturated heterocycles. The fraction of sp³-hybridized carbons (Fsp3) is 0.333. The second-order valence-electron chi connectivity index (χ2n) is 7.21. The van der Waals surface area contributed by atoms with Crippen LogP contribution < -0.4 is 5.32 Å². The molecule has 0 saturated carbocycles. The minimum absolute atomic E-state index is 0.00559. The third-order valence-corrected chi connectivity index (χ3v) is 5.36. The van der Waals surface area contributed by atoms with Crippen LogP contribution >= 0.6 is 0 Å². The van der Waals surface area contributed by atoms with Gasteiger partial charge in [-0.1, -0.05) is 18.2 Å². The number of H-pyrrole nitrogens is 1. The van der Waals surface area contributed by atoms with Crippen molar-refractivity contribution >= 4 is 16.8 Å². The van der Waals surface area contributed by atoms with E-state index in [0.29, 0.717) is 23.0 Å². The molecule has 8 heteroatoms. The lowest BCUT2D eigenvalue weighted by Gasteiger charge is -2.31. The predicted molar refractivity (Wildman–Crippen MR) is 104 cm³/mol. The van der Waals surface area contributed by atoms with Gasteiger partial charge in [0.1, 0.15) is 6.67 Å². The number of aromatic amines is 1. The van der Waals surface area contributed by atoms with Gasteiger partial charge in [-0.25, -0.2) is 13.2 Å². The first-order valence-electron chi connectivity index (χ1n) is 9.58. The quantitative estimate of drug-likeness (QED) is 0.685. The molecule has 152 valence electrons. The molecule has 0 spiro atoms. The molecule has 1 aliphatic heterocycles. The van der Waals surface area contributed by atoms with Crippen molar-refractivity contribution in [2.45, 2.75) is 18.9 Å². The van der Waals surface area contributed by atoms with E-state index in [1.165, 1.54) is 12.1 Å². The maximum absolute atomic E-state index is 14.2. The van der Waals surface area contributed by atoms with Gasteiger partial charge < -0.3 is 10.2 Å². The van der Waals surface area contributed by atoms with Gasteiger partial charge in [0.2, 0.25) is 0 Å². The number of nitrogens with zero attached hydrogens (tertiary/aromatic N) is 2. The van der Waals surface area contributed by atoms with Gasteiger partial charge >= 0.3 is 0 Å². The van der Waals surface area contributed by atoms with Crippen LogP contribution in [0.3, 0.4) is 0 Å². The van der Waals surface area contributed by atoms with Gasteiger partial charge in [0.15, 0.2) is 17.3 Å². The zero-order chi connectivity index (χ0) is 20.4. The Morgan fingerprint density at radius 2 is 2.00 bits per heavy atom. The topological polar surface area (TPSA) is 61.0 Å². The van der Waals surface area contributed by atoms with Crippen molar-refractivity contribution < 1.29 is 18.0 Å². The number of likely N-dealkylation sites (tertiary alicyclic amines) is 1. The lowest BCUT2D eigenvalue weighted by atomic mass is 10.0. The number of carbonyl (C=O) groups is 1. The number of rotatable bonds is 5. The summed E-state index contributed by atoms with van der Waals surface area (Å²) in [7, 11) is 0. The van der Waals surface area contributed by atoms with Crippen LogP contribution in [0.4, 0.5) is 13.2 Å². The van der Waals surface area contributed by atoms with Crippen molar-refractivity contribution in [3.63, 3.8) is 0 Å². The Labute approximate surface area is 165 Å². The van der Waals surface area contributed by atoms with Crippen LogP contribution in [0.2, 0.25) is 0 Å². The van der Waals surface area contributed by atoms with Crippen molar-refractivity contribution in [1.29, 1.82) is 0 Å². The number of carbonyl (C=O) groups excluding carboxylic acids is 1. The highest BCUT2D eigenvalue weighted by atomic mass is 19.2. The number of alkyl halides is 1. The Bertz CT molecular complexity index is 1030. The number of hydrogen-bond donors (Lipinski definition) is 2. The Morgan fingerprint density at radius 1 is 1.21 bits per heavy atom. The van der Waals surface area contributed by atoms with Crippen molar-refractivity contribution in [3.8, 4) is 11.1 Å². The fourth-order valence-electron chi connectivity index (χ4n) is 3.76. The van der Waals surface area contributed by atoms with Gasteiger partial charge in [-0.3, -0.25) is 9.89 Å². The van der Waals surface area contributed by atoms with E-state index in [4.69, 9.17) is 0 Å². The van der Waals surface area contributed by atoms with Gasteiger partial charge in [0, 0.05) is 36.6 Å². The second kappa shape index (κ2) is 8.24. The first-order valence-corrected chi connectivity index (χ1v) is 9.58. The summed E-state index contributed by atoms with van der Waals surface area (Å²) in [5.41, 5.74) is 1.43. The molecular formula is C21H21F3N4O. The molecule has 0 aliphatic carbocycles. The summed E-state index contributed by atoms with van der Waals surface area (Å²) in [6, 6.07) is 8.96. The number of hydrogen-bond acceptors (Lipinski definition) is 3. The molecule has 0 radical (unpaired) electrons. The van der Waals surface area contributed by atoms with Gasteiger partial charge in [-0.05, 0) is 36.6 Å². The average Bonchev–Trinajstić information content (AvgIpc) is 3.15. The van der Waals surface area contributed by atoms with Gasteiger partial charge in [0.25, 0.3) is 5.91 Å². The predicted octanol–water partition coefficient (Wildman–Crippen LogP) is 3.67. The smallest absolute Gasteiger partial charge is 0.272 e. The van der Waals surface area contributed by atoms with E-state index in [2.05, 4.69) is 15.5 Å². The molecule has 3 aromatic rings. The summed E-state index contributed by atoms with van der Waals surface area (Å²) in [4.78, 5) is 14.8. The standard InChI is InChI=1S/C21H21F3N4O/c22-8-11-28-9-6-14(7-10-28)25-21(29)20-16-12-13(4-5-18(16)26-27-20)15-2-1-3-17(23)19(15)24/h1-5,12,14H,6-11H2,(H,25,29)(H,26,27). The van der Waals surface area contributed by atoms with Crippen molar-refractivity contribution in [3.05, 3.63) is 53.7 Å². The summed E-state index contributed by atoms with van der Waals surface area (Å²) in [5, 5.41) is 10.4. The van der Waals surface area contributed by atoms with Crippen molar-refractivity contribution in [1.82, 2.24) is 20.4 Å². The van der Waals surface area contributed by atoms with E-state index in [9.17, 15) is 18.0 Å². The Morgan fingerprint density at radius 3 is 2.76 bits per heavy atom. The van der Waals surface area contributed by atoms with Crippen LogP contribution in [-0.2, 0) is 0 Å². The van der Waals surface area contributed by atoms with Crippen molar-refractivity contribution in [2.24, 2.45) is 0 Å². The normalized spacial score (nSPS) is 15.7. The fourth-order valence-corrected chi connectivity index (χ4v) is 3.76. The molecule has 2 heterocycles. The summed E-state index contributed by atoms with van der Waals surface area (Å²) in [6.07, 6.45) is 1.49. The molecule has 5 nitrogen and oxygen atoms in total. The monoisotopic (exact) mass is 402 g/mol. The zero-order valence-corrected chi connectivity index (χ0v) is 15.7. The number of fused-ring (bicyclic) bond motifs is 1. The molecule has 1 amide bonds. The van der Waals surface area contributed by atoms with Crippen molar-refractivity contribution in [2.75, 3.05) is 26.3 Å². The molecule has 0 unspecified atom stereocenters. The summed E-state index contributed by atoms with van der Waals surface area (Å²) >= 11 is 0. The van der Waals surface area contributed by atoms with Gasteiger partial charge in [-0.2, -0.15) is 5.10 Å². The number of benzene rings is 2. The zero-order valence-electron chi connectivity index (χ0n) is 15.7. The van der Waals surface area contributed by atoms with E-state index >= 15 is 0 Å². The maximum atomic E-state index is 14.2. The molecular weight excluding hydrogens is 381 g/mol. The van der Waals surface area contributed by atoms with Crippen LogP contribution in [0.1, 0.15) is 23.3 Å². The van der Waals surface area contributed by atoms with E-state index in [-0.39, 0.29) is 29.9 Å². The summed E-state index contributed by atoms with van der Waals surface area (Å²) in [6.45, 7) is 1.52. The van der Waals surface area contributed by atoms with E-state index in [1.807, 2.05) is 4.90 Å². The summed E-state index contributed by atoms with van der Waals surface area (Å²) < 4.78 is 40.2. The molecule has 29 heavy (non-hydrogen) atoms. The second-order valence-corrected chi connectivity index (χ2v) is 7.21. The van der Waals surface area contributed by atoms with Crippen LogP contribution in [0.15, 0.2) is 36.4 Å². The Balaban J connectivity index is 1.55. The number of amides is 1. The molecule has 1 fully saturated rings. The SMILES string of the molecule is O=C(NC1CCN(CCF)CC1)c1n[nH]c2ccc(-c3cccc(F)c3F)cc12. The first kappa shape index (κ1) is 19.4. The largest absolute Gasteiger partial charge is 0.348 e. The highest BCUT2D eigenvalue weighted by Crippen LogP contribution is 2.28. The van der Waals surface area contributed by atoms with Crippen LogP contribution in [0.5, 0.6) is 0 Å². The Hall–Kier alpha value is -2.87. The average molecular weight is 402 g/mol. The number of aromatic nitrogens is 2. The first-order chi connectivity index (χ1) is 14.1. The lowest BCUT2D eigenvalue weighted by Crippen LogP contribution is -2.45. The van der Waals surface area contributed by atoms with Gasteiger partial charge in [-0.15, -0.1) is 0 Å². The minimum Gasteiger partial charge on any atom is -0.348 e.